The predicted molar refractivity (Wildman–Crippen MR) is 104 cm³/mol. The van der Waals surface area contributed by atoms with Crippen LogP contribution >= 0.6 is 15.9 Å². The van der Waals surface area contributed by atoms with Gasteiger partial charge >= 0.3 is 0 Å². The number of hydrogen-bond acceptors (Lipinski definition) is 3. The third-order valence-electron chi connectivity index (χ3n) is 5.18. The van der Waals surface area contributed by atoms with E-state index in [2.05, 4.69) is 50.0 Å². The van der Waals surface area contributed by atoms with Crippen molar-refractivity contribution in [2.75, 3.05) is 39.3 Å². The number of halogens is 1. The zero-order chi connectivity index (χ0) is 16.6. The highest BCUT2D eigenvalue weighted by atomic mass is 79.9. The number of nitrogens with zero attached hydrogens (tertiary/aromatic N) is 2. The average molecular weight is 395 g/mol. The lowest BCUT2D eigenvalue weighted by Crippen LogP contribution is -2.33. The summed E-state index contributed by atoms with van der Waals surface area (Å²) in [5, 5.41) is 0. The van der Waals surface area contributed by atoms with E-state index in [0.29, 0.717) is 0 Å². The molecule has 0 atom stereocenters. The van der Waals surface area contributed by atoms with Crippen LogP contribution in [0.25, 0.3) is 0 Å². The second-order valence-electron chi connectivity index (χ2n) is 7.20. The van der Waals surface area contributed by atoms with E-state index in [1.165, 1.54) is 70.4 Å². The second-order valence-corrected chi connectivity index (χ2v) is 8.49. The first-order valence-electron chi connectivity index (χ1n) is 9.60. The minimum atomic E-state index is 0.717. The number of hydrogen-bond donors (Lipinski definition) is 0. The summed E-state index contributed by atoms with van der Waals surface area (Å²) in [6, 6.07) is 8.71. The number of alkyl halides is 1. The molecular formula is C20H31BrN2O. The molecule has 0 bridgehead atoms. The Morgan fingerprint density at radius 1 is 0.917 bits per heavy atom. The molecule has 0 aliphatic carbocycles. The molecule has 3 rings (SSSR count). The Labute approximate surface area is 155 Å². The van der Waals surface area contributed by atoms with Crippen LogP contribution in [0.15, 0.2) is 24.3 Å². The minimum absolute atomic E-state index is 0.717. The molecule has 0 amide bonds. The van der Waals surface area contributed by atoms with Crippen molar-refractivity contribution in [1.29, 1.82) is 0 Å². The Balaban J connectivity index is 1.33. The molecule has 0 unspecified atom stereocenters. The van der Waals surface area contributed by atoms with E-state index in [4.69, 9.17) is 4.74 Å². The average Bonchev–Trinajstić information content (AvgIpc) is 2.63. The van der Waals surface area contributed by atoms with Crippen molar-refractivity contribution in [2.24, 2.45) is 0 Å². The molecule has 134 valence electrons. The van der Waals surface area contributed by atoms with E-state index < -0.39 is 0 Å². The van der Waals surface area contributed by atoms with Gasteiger partial charge in [0.25, 0.3) is 0 Å². The summed E-state index contributed by atoms with van der Waals surface area (Å²) in [6.45, 7) is 8.03. The van der Waals surface area contributed by atoms with Gasteiger partial charge in [0.05, 0.1) is 6.61 Å². The van der Waals surface area contributed by atoms with Crippen molar-refractivity contribution in [3.8, 4) is 5.75 Å². The van der Waals surface area contributed by atoms with Gasteiger partial charge in [-0.2, -0.15) is 0 Å². The Morgan fingerprint density at radius 2 is 1.62 bits per heavy atom. The van der Waals surface area contributed by atoms with Crippen molar-refractivity contribution in [1.82, 2.24) is 9.80 Å². The summed E-state index contributed by atoms with van der Waals surface area (Å²) < 4.78 is 5.91. The summed E-state index contributed by atoms with van der Waals surface area (Å²) in [6.07, 6.45) is 7.80. The normalized spacial score (nSPS) is 21.0. The minimum Gasteiger partial charge on any atom is -0.494 e. The summed E-state index contributed by atoms with van der Waals surface area (Å²) in [5.74, 6) is 1.01. The third-order valence-corrected chi connectivity index (χ3v) is 6.10. The zero-order valence-corrected chi connectivity index (χ0v) is 16.3. The molecule has 0 saturated carbocycles. The fourth-order valence-corrected chi connectivity index (χ4v) is 4.08. The van der Waals surface area contributed by atoms with Gasteiger partial charge in [0.15, 0.2) is 0 Å². The lowest BCUT2D eigenvalue weighted by Gasteiger charge is -2.29. The van der Waals surface area contributed by atoms with E-state index in [9.17, 15) is 0 Å². The summed E-state index contributed by atoms with van der Waals surface area (Å²) in [5.41, 5.74) is 1.39. The van der Waals surface area contributed by atoms with Gasteiger partial charge in [-0.3, -0.25) is 4.90 Å². The Bertz CT molecular complexity index is 465. The fraction of sp³-hybridized carbons (Fsp3) is 0.700. The number of rotatable bonds is 7. The van der Waals surface area contributed by atoms with Crippen LogP contribution in [0.4, 0.5) is 0 Å². The molecule has 1 aromatic carbocycles. The summed E-state index contributed by atoms with van der Waals surface area (Å²) >= 11 is 3.72. The van der Waals surface area contributed by atoms with Crippen LogP contribution in [0.1, 0.15) is 44.1 Å². The van der Waals surface area contributed by atoms with E-state index in [0.717, 1.165) is 30.1 Å². The standard InChI is InChI=1S/C20H31BrN2O/c21-19-9-14-23(15-10-19)17-18-5-7-20(8-6-18)24-16-4-13-22-11-2-1-3-12-22/h5-8,19H,1-4,9-17H2. The second kappa shape index (κ2) is 9.79. The van der Waals surface area contributed by atoms with Crippen molar-refractivity contribution in [3.63, 3.8) is 0 Å². The molecule has 0 radical (unpaired) electrons. The van der Waals surface area contributed by atoms with E-state index in [-0.39, 0.29) is 0 Å². The molecule has 2 heterocycles. The summed E-state index contributed by atoms with van der Waals surface area (Å²) in [4.78, 5) is 5.84. The molecule has 0 aromatic heterocycles. The third kappa shape index (κ3) is 6.05. The van der Waals surface area contributed by atoms with E-state index >= 15 is 0 Å². The van der Waals surface area contributed by atoms with Crippen LogP contribution in [0.5, 0.6) is 5.75 Å². The van der Waals surface area contributed by atoms with Gasteiger partial charge in [0, 0.05) is 17.9 Å². The zero-order valence-electron chi connectivity index (χ0n) is 14.8. The SMILES string of the molecule is BrC1CCN(Cc2ccc(OCCCN3CCCCC3)cc2)CC1. The van der Waals surface area contributed by atoms with Crippen LogP contribution in [0.2, 0.25) is 0 Å². The van der Waals surface area contributed by atoms with Crippen LogP contribution in [-0.2, 0) is 6.54 Å². The molecule has 2 aliphatic heterocycles. The van der Waals surface area contributed by atoms with Gasteiger partial charge in [0.2, 0.25) is 0 Å². The van der Waals surface area contributed by atoms with E-state index in [1.807, 2.05) is 0 Å². The number of likely N-dealkylation sites (tertiary alicyclic amines) is 2. The number of piperidine rings is 2. The number of ether oxygens (including phenoxy) is 1. The highest BCUT2D eigenvalue weighted by Gasteiger charge is 2.16. The highest BCUT2D eigenvalue weighted by molar-refractivity contribution is 9.09. The van der Waals surface area contributed by atoms with Crippen LogP contribution < -0.4 is 4.74 Å². The molecule has 2 aliphatic rings. The molecule has 2 fully saturated rings. The van der Waals surface area contributed by atoms with Gasteiger partial charge in [-0.1, -0.05) is 34.5 Å². The number of benzene rings is 1. The predicted octanol–water partition coefficient (Wildman–Crippen LogP) is 4.30. The topological polar surface area (TPSA) is 15.7 Å². The molecule has 4 heteroatoms. The Kier molecular flexibility index (Phi) is 7.43. The van der Waals surface area contributed by atoms with Gasteiger partial charge in [-0.05, 0) is 76.0 Å². The molecular weight excluding hydrogens is 364 g/mol. The molecule has 0 spiro atoms. The van der Waals surface area contributed by atoms with Crippen LogP contribution in [-0.4, -0.2) is 54.0 Å². The first-order valence-corrected chi connectivity index (χ1v) is 10.5. The van der Waals surface area contributed by atoms with Crippen molar-refractivity contribution in [2.45, 2.75) is 49.9 Å². The maximum atomic E-state index is 5.91. The molecule has 2 saturated heterocycles. The first-order chi connectivity index (χ1) is 11.8. The molecule has 3 nitrogen and oxygen atoms in total. The quantitative estimate of drug-likeness (QED) is 0.506. The molecule has 24 heavy (non-hydrogen) atoms. The maximum absolute atomic E-state index is 5.91. The van der Waals surface area contributed by atoms with Crippen LogP contribution in [0.3, 0.4) is 0 Å². The fourth-order valence-electron chi connectivity index (χ4n) is 3.67. The molecule has 0 N–H and O–H groups in total. The Hall–Kier alpha value is -0.580. The van der Waals surface area contributed by atoms with Gasteiger partial charge < -0.3 is 9.64 Å². The lowest BCUT2D eigenvalue weighted by atomic mass is 10.1. The smallest absolute Gasteiger partial charge is 0.119 e. The monoisotopic (exact) mass is 394 g/mol. The maximum Gasteiger partial charge on any atom is 0.119 e. The van der Waals surface area contributed by atoms with Gasteiger partial charge in [0.1, 0.15) is 5.75 Å². The Morgan fingerprint density at radius 3 is 2.33 bits per heavy atom. The van der Waals surface area contributed by atoms with Crippen LogP contribution in [0, 0.1) is 0 Å². The summed E-state index contributed by atoms with van der Waals surface area (Å²) in [7, 11) is 0. The molecule has 1 aromatic rings. The van der Waals surface area contributed by atoms with Gasteiger partial charge in [-0.25, -0.2) is 0 Å². The van der Waals surface area contributed by atoms with Crippen molar-refractivity contribution < 1.29 is 4.74 Å². The van der Waals surface area contributed by atoms with Crippen molar-refractivity contribution in [3.05, 3.63) is 29.8 Å². The highest BCUT2D eigenvalue weighted by Crippen LogP contribution is 2.20. The van der Waals surface area contributed by atoms with E-state index in [1.54, 1.807) is 0 Å². The largest absolute Gasteiger partial charge is 0.494 e. The first kappa shape index (κ1) is 18.2. The van der Waals surface area contributed by atoms with Gasteiger partial charge in [-0.15, -0.1) is 0 Å². The lowest BCUT2D eigenvalue weighted by molar-refractivity contribution is 0.205. The van der Waals surface area contributed by atoms with Crippen molar-refractivity contribution >= 4 is 15.9 Å².